The Balaban J connectivity index is 0.000000151. The van der Waals surface area contributed by atoms with Gasteiger partial charge in [-0.15, -0.1) is 0 Å². The van der Waals surface area contributed by atoms with E-state index >= 15 is 0 Å². The fourth-order valence-corrected chi connectivity index (χ4v) is 7.27. The summed E-state index contributed by atoms with van der Waals surface area (Å²) < 4.78 is 65.1. The molecule has 0 bridgehead atoms. The lowest BCUT2D eigenvalue weighted by atomic mass is 9.81. The van der Waals surface area contributed by atoms with Gasteiger partial charge in [0.15, 0.2) is 17.3 Å². The highest BCUT2D eigenvalue weighted by Gasteiger charge is 2.49. The van der Waals surface area contributed by atoms with Gasteiger partial charge in [-0.25, -0.2) is 32.3 Å². The molecule has 6 aromatic heterocycles. The van der Waals surface area contributed by atoms with Crippen molar-refractivity contribution in [1.29, 1.82) is 0 Å². The second-order valence-corrected chi connectivity index (χ2v) is 16.4. The highest BCUT2D eigenvalue weighted by molar-refractivity contribution is 6.04. The predicted molar refractivity (Wildman–Crippen MR) is 233 cm³/mol. The first-order valence-corrected chi connectivity index (χ1v) is 20.7. The molecule has 0 saturated heterocycles. The zero-order valence-corrected chi connectivity index (χ0v) is 36.1. The Hall–Kier alpha value is -8.10. The number of ketones is 2. The van der Waals surface area contributed by atoms with E-state index in [2.05, 4.69) is 35.6 Å². The van der Waals surface area contributed by atoms with Crippen molar-refractivity contribution in [3.05, 3.63) is 131 Å². The van der Waals surface area contributed by atoms with Crippen LogP contribution in [0.25, 0.3) is 34.1 Å². The second-order valence-electron chi connectivity index (χ2n) is 16.4. The quantitative estimate of drug-likeness (QED) is 0.0696. The summed E-state index contributed by atoms with van der Waals surface area (Å²) in [5, 5.41) is 19.4. The van der Waals surface area contributed by atoms with E-state index < -0.39 is 29.6 Å². The maximum atomic E-state index is 13.1. The molecule has 0 unspecified atom stereocenters. The minimum absolute atomic E-state index is 0.0492. The summed E-state index contributed by atoms with van der Waals surface area (Å²) in [6.07, 6.45) is 4.73. The summed E-state index contributed by atoms with van der Waals surface area (Å²) >= 11 is 0. The summed E-state index contributed by atoms with van der Waals surface area (Å²) in [4.78, 5) is 63.2. The van der Waals surface area contributed by atoms with Crippen molar-refractivity contribution in [3.8, 4) is 22.8 Å². The Morgan fingerprint density at radius 1 is 0.687 bits per heavy atom. The molecule has 2 aliphatic rings. The van der Waals surface area contributed by atoms with Crippen molar-refractivity contribution in [2.75, 3.05) is 11.1 Å². The number of aromatic carboxylic acids is 1. The van der Waals surface area contributed by atoms with Crippen LogP contribution in [0.15, 0.2) is 94.5 Å². The molecule has 8 aromatic rings. The van der Waals surface area contributed by atoms with Crippen LogP contribution in [0.3, 0.4) is 0 Å². The summed E-state index contributed by atoms with van der Waals surface area (Å²) in [6, 6.07) is 17.3. The van der Waals surface area contributed by atoms with Gasteiger partial charge in [0.1, 0.15) is 17.0 Å². The molecule has 6 heterocycles. The molecule has 0 radical (unpaired) electrons. The molecule has 2 saturated carbocycles. The first kappa shape index (κ1) is 45.5. The topological polar surface area (TPSA) is 239 Å². The highest BCUT2D eigenvalue weighted by Crippen LogP contribution is 2.49. The Morgan fingerprint density at radius 2 is 1.15 bits per heavy atom. The zero-order chi connectivity index (χ0) is 47.9. The smallest absolute Gasteiger partial charge is 0.354 e. The predicted octanol–water partition coefficient (Wildman–Crippen LogP) is 9.04. The van der Waals surface area contributed by atoms with E-state index in [9.17, 15) is 36.7 Å². The standard InChI is InChI=1S/C23H19F2N5O3.C13H13F2N3O.C10H8N2O3/c1-12-3-4-14(20-28-22(33-29-20)16-8-23(24,25)9-16)7-17(12)27-21(32)18-10-26-19-6-5-15(13(2)31)11-30(18)19;1-7-2-3-8(4-10(7)16)11-17-12(19-18-11)9-5-13(14,15)6-9;1-6(13)7-2-3-9-11-4-8(10(14)15)12(9)5-7/h3-7,10-11,16H,8-9H2,1-2H3,(H,27,32);2-4,9H,5-6,16H2,1H3;2-5H,1H3,(H,14,15). The highest BCUT2D eigenvalue weighted by atomic mass is 19.3. The van der Waals surface area contributed by atoms with Crippen LogP contribution in [0, 0.1) is 13.8 Å². The van der Waals surface area contributed by atoms with Gasteiger partial charge < -0.3 is 25.2 Å². The molecular weight excluding hydrogens is 881 g/mol. The van der Waals surface area contributed by atoms with Gasteiger partial charge in [0.2, 0.25) is 35.3 Å². The van der Waals surface area contributed by atoms with Crippen LogP contribution in [0.4, 0.5) is 28.9 Å². The largest absolute Gasteiger partial charge is 0.477 e. The number of halogens is 4. The Labute approximate surface area is 377 Å². The van der Waals surface area contributed by atoms with Gasteiger partial charge in [0.25, 0.3) is 5.91 Å². The fraction of sp³-hybridized carbons (Fsp3) is 0.261. The van der Waals surface area contributed by atoms with Crippen LogP contribution in [0.2, 0.25) is 0 Å². The molecule has 10 rings (SSSR count). The molecule has 67 heavy (non-hydrogen) atoms. The van der Waals surface area contributed by atoms with Crippen LogP contribution in [-0.2, 0) is 0 Å². The molecule has 344 valence electrons. The number of anilines is 2. The number of fused-ring (bicyclic) bond motifs is 2. The molecule has 2 fully saturated rings. The SMILES string of the molecule is CC(=O)c1ccc2ncc(C(=O)Nc3cc(-c4noc(C5CC(F)(F)C5)n4)ccc3C)n2c1.CC(=O)c1ccc2ncc(C(=O)O)n2c1.Cc1ccc(-c2noc(C3CC(F)(F)C3)n2)cc1N. The van der Waals surface area contributed by atoms with E-state index in [1.807, 2.05) is 26.0 Å². The molecule has 4 N–H and O–H groups in total. The number of carbonyl (C=O) groups excluding carboxylic acids is 3. The number of carboxylic acids is 1. The number of pyridine rings is 2. The fourth-order valence-electron chi connectivity index (χ4n) is 7.27. The van der Waals surface area contributed by atoms with Crippen LogP contribution in [0.1, 0.15) is 116 Å². The number of nitrogen functional groups attached to an aromatic ring is 1. The lowest BCUT2D eigenvalue weighted by Crippen LogP contribution is -2.33. The third kappa shape index (κ3) is 9.80. The number of aryl methyl sites for hydroxylation is 2. The van der Waals surface area contributed by atoms with Crippen molar-refractivity contribution in [2.24, 2.45) is 0 Å². The van der Waals surface area contributed by atoms with E-state index in [0.717, 1.165) is 16.7 Å². The van der Waals surface area contributed by atoms with E-state index in [1.54, 1.807) is 59.1 Å². The number of imidazole rings is 2. The number of alkyl halides is 4. The zero-order valence-electron chi connectivity index (χ0n) is 36.1. The number of Topliss-reactive ketones (excluding diaryl/α,β-unsaturated/α-hetero) is 2. The van der Waals surface area contributed by atoms with Crippen molar-refractivity contribution in [3.63, 3.8) is 0 Å². The lowest BCUT2D eigenvalue weighted by molar-refractivity contribution is -0.0930. The van der Waals surface area contributed by atoms with Crippen molar-refractivity contribution in [2.45, 2.75) is 77.1 Å². The number of carboxylic acid groups (broad SMARTS) is 1. The summed E-state index contributed by atoms with van der Waals surface area (Å²) in [5.41, 5.74) is 12.3. The molecule has 0 spiro atoms. The third-order valence-electron chi connectivity index (χ3n) is 11.3. The molecule has 0 aliphatic heterocycles. The molecule has 2 aromatic carbocycles. The molecule has 21 heteroatoms. The van der Waals surface area contributed by atoms with Crippen LogP contribution >= 0.6 is 0 Å². The number of nitrogens with zero attached hydrogens (tertiary/aromatic N) is 8. The monoisotopic (exact) mass is 920 g/mol. The maximum absolute atomic E-state index is 13.1. The summed E-state index contributed by atoms with van der Waals surface area (Å²) in [6.45, 7) is 6.61. The second kappa shape index (κ2) is 17.7. The minimum Gasteiger partial charge on any atom is -0.477 e. The average molecular weight is 921 g/mol. The van der Waals surface area contributed by atoms with Gasteiger partial charge in [-0.05, 0) is 75.2 Å². The number of rotatable bonds is 9. The van der Waals surface area contributed by atoms with Crippen molar-refractivity contribution >= 4 is 46.1 Å². The van der Waals surface area contributed by atoms with E-state index in [0.29, 0.717) is 45.2 Å². The normalized spacial score (nSPS) is 15.1. The maximum Gasteiger partial charge on any atom is 0.354 e. The number of carbonyl (C=O) groups is 4. The van der Waals surface area contributed by atoms with Crippen LogP contribution < -0.4 is 11.1 Å². The van der Waals surface area contributed by atoms with Gasteiger partial charge in [-0.3, -0.25) is 23.2 Å². The number of hydrogen-bond acceptors (Lipinski definition) is 13. The number of nitrogens with one attached hydrogen (secondary N) is 1. The van der Waals surface area contributed by atoms with Gasteiger partial charge >= 0.3 is 5.97 Å². The third-order valence-corrected chi connectivity index (χ3v) is 11.3. The Morgan fingerprint density at radius 3 is 1.61 bits per heavy atom. The van der Waals surface area contributed by atoms with Crippen molar-refractivity contribution in [1.82, 2.24) is 39.1 Å². The van der Waals surface area contributed by atoms with Crippen molar-refractivity contribution < 1.29 is 50.9 Å². The lowest BCUT2D eigenvalue weighted by Gasteiger charge is -2.31. The average Bonchev–Trinajstić information content (AvgIpc) is 4.10. The summed E-state index contributed by atoms with van der Waals surface area (Å²) in [5.74, 6) is -6.63. The summed E-state index contributed by atoms with van der Waals surface area (Å²) in [7, 11) is 0. The van der Waals surface area contributed by atoms with Crippen LogP contribution in [-0.4, -0.2) is 79.4 Å². The number of amides is 1. The molecule has 0 atom stereocenters. The van der Waals surface area contributed by atoms with Gasteiger partial charge in [0.05, 0.1) is 12.4 Å². The number of hydrogen-bond donors (Lipinski definition) is 3. The van der Waals surface area contributed by atoms with Crippen LogP contribution in [0.5, 0.6) is 0 Å². The first-order valence-electron chi connectivity index (χ1n) is 20.7. The Bertz CT molecular complexity index is 3210. The molecule has 17 nitrogen and oxygen atoms in total. The molecule has 1 amide bonds. The van der Waals surface area contributed by atoms with E-state index in [4.69, 9.17) is 19.9 Å². The van der Waals surface area contributed by atoms with Gasteiger partial charge in [-0.1, -0.05) is 34.6 Å². The number of benzene rings is 2. The van der Waals surface area contributed by atoms with Gasteiger partial charge in [-0.2, -0.15) is 9.97 Å². The number of aromatic nitrogens is 8. The molecule has 2 aliphatic carbocycles. The van der Waals surface area contributed by atoms with E-state index in [-0.39, 0.29) is 72.2 Å². The van der Waals surface area contributed by atoms with E-state index in [1.165, 1.54) is 36.8 Å². The minimum atomic E-state index is -2.68. The van der Waals surface area contributed by atoms with Gasteiger partial charge in [0, 0.05) is 83.5 Å². The molecular formula is C46H40F4N10O7. The Kier molecular flexibility index (Phi) is 12.0. The first-order chi connectivity index (χ1) is 31.7. The number of nitrogens with two attached hydrogens (primary N) is 1.